The number of aliphatic hydroxyl groups excluding tert-OH is 1. The van der Waals surface area contributed by atoms with E-state index in [1.165, 1.54) is 18.2 Å². The minimum absolute atomic E-state index is 0.0367. The summed E-state index contributed by atoms with van der Waals surface area (Å²) in [6.45, 7) is 0. The quantitative estimate of drug-likeness (QED) is 0.463. The molecular weight excluding hydrogens is 260 g/mol. The Morgan fingerprint density at radius 2 is 2.06 bits per heavy atom. The van der Waals surface area contributed by atoms with E-state index in [9.17, 15) is 19.5 Å². The summed E-state index contributed by atoms with van der Waals surface area (Å²) in [6, 6.07) is 3.80. The number of aldehydes is 1. The van der Waals surface area contributed by atoms with Gasteiger partial charge in [-0.05, 0) is 11.6 Å². The SMILES string of the molecule is O=Cc1ccc(C(O)C(=O)O)cc1C(=O)CCCl. The maximum absolute atomic E-state index is 11.7. The number of aliphatic carboxylic acids is 1. The summed E-state index contributed by atoms with van der Waals surface area (Å²) in [7, 11) is 0. The molecule has 0 bridgehead atoms. The third-order valence-electron chi connectivity index (χ3n) is 2.38. The molecule has 0 fully saturated rings. The van der Waals surface area contributed by atoms with Crippen LogP contribution in [0.2, 0.25) is 0 Å². The predicted molar refractivity (Wildman–Crippen MR) is 64.1 cm³/mol. The van der Waals surface area contributed by atoms with Crippen LogP contribution in [0, 0.1) is 0 Å². The summed E-state index contributed by atoms with van der Waals surface area (Å²) in [5.41, 5.74) is 0.265. The van der Waals surface area contributed by atoms with Gasteiger partial charge in [-0.15, -0.1) is 11.6 Å². The van der Waals surface area contributed by atoms with Crippen LogP contribution in [-0.4, -0.2) is 34.1 Å². The Hall–Kier alpha value is -1.72. The van der Waals surface area contributed by atoms with Crippen LogP contribution in [0.15, 0.2) is 18.2 Å². The Balaban J connectivity index is 3.21. The Morgan fingerprint density at radius 1 is 1.39 bits per heavy atom. The molecule has 0 aliphatic rings. The van der Waals surface area contributed by atoms with Crippen molar-refractivity contribution in [3.05, 3.63) is 34.9 Å². The van der Waals surface area contributed by atoms with Gasteiger partial charge in [0, 0.05) is 23.4 Å². The van der Waals surface area contributed by atoms with Gasteiger partial charge in [-0.3, -0.25) is 9.59 Å². The fraction of sp³-hybridized carbons (Fsp3) is 0.250. The zero-order valence-electron chi connectivity index (χ0n) is 9.30. The predicted octanol–water partition coefficient (Wildman–Crippen LogP) is 1.43. The first-order chi connectivity index (χ1) is 8.51. The first-order valence-electron chi connectivity index (χ1n) is 5.10. The number of carbonyl (C=O) groups excluding carboxylic acids is 2. The lowest BCUT2D eigenvalue weighted by Crippen LogP contribution is -2.12. The molecule has 0 heterocycles. The first kappa shape index (κ1) is 14.3. The number of halogens is 1. The van der Waals surface area contributed by atoms with Crippen LogP contribution >= 0.6 is 11.6 Å². The number of aliphatic hydroxyl groups is 1. The molecular formula is C12H11ClO5. The lowest BCUT2D eigenvalue weighted by atomic mass is 9.97. The molecule has 0 saturated carbocycles. The highest BCUT2D eigenvalue weighted by Gasteiger charge is 2.19. The maximum atomic E-state index is 11.7. The Labute approximate surface area is 108 Å². The Kier molecular flexibility index (Phi) is 5.00. The second-order valence-electron chi connectivity index (χ2n) is 3.57. The number of carbonyl (C=O) groups is 3. The van der Waals surface area contributed by atoms with Crippen molar-refractivity contribution in [3.8, 4) is 0 Å². The third kappa shape index (κ3) is 3.15. The zero-order chi connectivity index (χ0) is 13.7. The van der Waals surface area contributed by atoms with Crippen molar-refractivity contribution in [2.24, 2.45) is 0 Å². The summed E-state index contributed by atoms with van der Waals surface area (Å²) in [5, 5.41) is 18.0. The van der Waals surface area contributed by atoms with Gasteiger partial charge in [-0.1, -0.05) is 12.1 Å². The van der Waals surface area contributed by atoms with Crippen molar-refractivity contribution in [2.75, 3.05) is 5.88 Å². The monoisotopic (exact) mass is 270 g/mol. The van der Waals surface area contributed by atoms with Gasteiger partial charge in [0.2, 0.25) is 0 Å². The highest BCUT2D eigenvalue weighted by Crippen LogP contribution is 2.19. The van der Waals surface area contributed by atoms with E-state index >= 15 is 0 Å². The molecule has 0 radical (unpaired) electrons. The standard InChI is InChI=1S/C12H11ClO5/c13-4-3-10(15)9-5-7(11(16)12(17)18)1-2-8(9)6-14/h1-2,5-6,11,16H,3-4H2,(H,17,18). The van der Waals surface area contributed by atoms with Crippen molar-refractivity contribution in [3.63, 3.8) is 0 Å². The van der Waals surface area contributed by atoms with Crippen LogP contribution < -0.4 is 0 Å². The molecule has 1 aromatic rings. The highest BCUT2D eigenvalue weighted by molar-refractivity contribution is 6.20. The summed E-state index contributed by atoms with van der Waals surface area (Å²) in [6.07, 6.45) is -1.19. The molecule has 5 nitrogen and oxygen atoms in total. The fourth-order valence-electron chi connectivity index (χ4n) is 1.45. The Bertz CT molecular complexity index is 483. The number of Topliss-reactive ketones (excluding diaryl/α,β-unsaturated/α-hetero) is 1. The normalized spacial score (nSPS) is 11.9. The van der Waals surface area contributed by atoms with E-state index in [2.05, 4.69) is 0 Å². The number of carboxylic acids is 1. The average molecular weight is 271 g/mol. The summed E-state index contributed by atoms with van der Waals surface area (Å²) in [4.78, 5) is 33.1. The van der Waals surface area contributed by atoms with Crippen molar-refractivity contribution in [1.82, 2.24) is 0 Å². The van der Waals surface area contributed by atoms with Crippen LogP contribution in [0.3, 0.4) is 0 Å². The second-order valence-corrected chi connectivity index (χ2v) is 3.95. The highest BCUT2D eigenvalue weighted by atomic mass is 35.5. The third-order valence-corrected chi connectivity index (χ3v) is 2.56. The van der Waals surface area contributed by atoms with Gasteiger partial charge < -0.3 is 10.2 Å². The molecule has 0 aliphatic carbocycles. The van der Waals surface area contributed by atoms with E-state index in [-0.39, 0.29) is 34.8 Å². The van der Waals surface area contributed by atoms with Gasteiger partial charge in [0.25, 0.3) is 0 Å². The number of rotatable bonds is 6. The molecule has 0 amide bonds. The molecule has 1 unspecified atom stereocenters. The summed E-state index contributed by atoms with van der Waals surface area (Å²) < 4.78 is 0. The van der Waals surface area contributed by atoms with E-state index < -0.39 is 12.1 Å². The fourth-order valence-corrected chi connectivity index (χ4v) is 1.62. The Morgan fingerprint density at radius 3 is 2.56 bits per heavy atom. The minimum Gasteiger partial charge on any atom is -0.479 e. The molecule has 2 N–H and O–H groups in total. The molecule has 1 rings (SSSR count). The van der Waals surface area contributed by atoms with Crippen LogP contribution in [0.1, 0.15) is 38.8 Å². The van der Waals surface area contributed by atoms with Gasteiger partial charge in [-0.25, -0.2) is 4.79 Å². The number of benzene rings is 1. The lowest BCUT2D eigenvalue weighted by Gasteiger charge is -2.09. The van der Waals surface area contributed by atoms with Crippen molar-refractivity contribution in [1.29, 1.82) is 0 Å². The average Bonchev–Trinajstić information content (AvgIpc) is 2.37. The number of alkyl halides is 1. The van der Waals surface area contributed by atoms with Crippen LogP contribution in [0.5, 0.6) is 0 Å². The number of ketones is 1. The van der Waals surface area contributed by atoms with Crippen molar-refractivity contribution >= 4 is 29.6 Å². The number of hydrogen-bond donors (Lipinski definition) is 2. The van der Waals surface area contributed by atoms with E-state index in [4.69, 9.17) is 16.7 Å². The van der Waals surface area contributed by atoms with Crippen LogP contribution in [-0.2, 0) is 4.79 Å². The zero-order valence-corrected chi connectivity index (χ0v) is 10.1. The molecule has 0 aromatic heterocycles. The van der Waals surface area contributed by atoms with Crippen molar-refractivity contribution in [2.45, 2.75) is 12.5 Å². The second kappa shape index (κ2) is 6.28. The van der Waals surface area contributed by atoms with Gasteiger partial charge in [0.05, 0.1) is 0 Å². The molecule has 1 aromatic carbocycles. The van der Waals surface area contributed by atoms with Gasteiger partial charge in [0.1, 0.15) is 0 Å². The topological polar surface area (TPSA) is 91.7 Å². The number of hydrogen-bond acceptors (Lipinski definition) is 4. The van der Waals surface area contributed by atoms with E-state index in [1.807, 2.05) is 0 Å². The van der Waals surface area contributed by atoms with E-state index in [0.29, 0.717) is 6.29 Å². The maximum Gasteiger partial charge on any atom is 0.337 e. The summed E-state index contributed by atoms with van der Waals surface area (Å²) in [5.74, 6) is -1.70. The molecule has 0 aliphatic heterocycles. The molecule has 6 heteroatoms. The lowest BCUT2D eigenvalue weighted by molar-refractivity contribution is -0.146. The molecule has 0 saturated heterocycles. The molecule has 1 atom stereocenters. The minimum atomic E-state index is -1.73. The first-order valence-corrected chi connectivity index (χ1v) is 5.64. The van der Waals surface area contributed by atoms with E-state index in [0.717, 1.165) is 0 Å². The van der Waals surface area contributed by atoms with Crippen LogP contribution in [0.25, 0.3) is 0 Å². The molecule has 96 valence electrons. The largest absolute Gasteiger partial charge is 0.479 e. The molecule has 0 spiro atoms. The van der Waals surface area contributed by atoms with Gasteiger partial charge in [-0.2, -0.15) is 0 Å². The smallest absolute Gasteiger partial charge is 0.337 e. The van der Waals surface area contributed by atoms with Crippen LogP contribution in [0.4, 0.5) is 0 Å². The van der Waals surface area contributed by atoms with Gasteiger partial charge >= 0.3 is 5.97 Å². The van der Waals surface area contributed by atoms with Crippen molar-refractivity contribution < 1.29 is 24.6 Å². The molecule has 18 heavy (non-hydrogen) atoms. The van der Waals surface area contributed by atoms with Gasteiger partial charge in [0.15, 0.2) is 18.2 Å². The summed E-state index contributed by atoms with van der Waals surface area (Å²) >= 11 is 5.44. The number of carboxylic acid groups (broad SMARTS) is 1. The van der Waals surface area contributed by atoms with E-state index in [1.54, 1.807) is 0 Å².